The molecule has 1 aliphatic heterocycles. The van der Waals surface area contributed by atoms with Crippen LogP contribution < -0.4 is 18.9 Å². The van der Waals surface area contributed by atoms with E-state index in [1.807, 2.05) is 6.07 Å². The van der Waals surface area contributed by atoms with Crippen molar-refractivity contribution in [2.24, 2.45) is 0 Å². The molecule has 186 valence electrons. The summed E-state index contributed by atoms with van der Waals surface area (Å²) < 4.78 is 46.5. The van der Waals surface area contributed by atoms with Crippen LogP contribution in [-0.4, -0.2) is 64.7 Å². The first-order valence-corrected chi connectivity index (χ1v) is 13.2. The quantitative estimate of drug-likeness (QED) is 0.443. The van der Waals surface area contributed by atoms with Crippen LogP contribution in [0.2, 0.25) is 0 Å². The van der Waals surface area contributed by atoms with Crippen LogP contribution in [0.4, 0.5) is 0 Å². The second kappa shape index (κ2) is 11.5. The van der Waals surface area contributed by atoms with Gasteiger partial charge in [-0.05, 0) is 48.7 Å². The van der Waals surface area contributed by atoms with E-state index >= 15 is 0 Å². The average molecular weight is 492 g/mol. The molecule has 0 bridgehead atoms. The van der Waals surface area contributed by atoms with Crippen LogP contribution >= 0.6 is 0 Å². The molecular weight excluding hydrogens is 458 g/mol. The van der Waals surface area contributed by atoms with Crippen LogP contribution in [0.3, 0.4) is 0 Å². The fourth-order valence-electron chi connectivity index (χ4n) is 4.03. The predicted octanol–water partition coefficient (Wildman–Crippen LogP) is 3.72. The molecule has 34 heavy (non-hydrogen) atoms. The molecular formula is C25H33NO7S. The lowest BCUT2D eigenvalue weighted by atomic mass is 10.1. The van der Waals surface area contributed by atoms with E-state index in [9.17, 15) is 13.2 Å². The number of hydrogen-bond acceptors (Lipinski definition) is 7. The number of unbranched alkanes of at least 4 members (excludes halogenated alkanes) is 1. The maximum absolute atomic E-state index is 13.6. The van der Waals surface area contributed by atoms with E-state index in [4.69, 9.17) is 18.9 Å². The summed E-state index contributed by atoms with van der Waals surface area (Å²) in [6.07, 6.45) is 2.33. The lowest BCUT2D eigenvalue weighted by molar-refractivity contribution is 0.0680. The summed E-state index contributed by atoms with van der Waals surface area (Å²) in [4.78, 5) is 15.3. The molecule has 1 fully saturated rings. The molecule has 1 heterocycles. The lowest BCUT2D eigenvalue weighted by Crippen LogP contribution is -2.40. The number of rotatable bonds is 11. The summed E-state index contributed by atoms with van der Waals surface area (Å²) in [7, 11) is 1.38. The fraction of sp³-hybridized carbons (Fsp3) is 0.480. The molecule has 0 aromatic heterocycles. The van der Waals surface area contributed by atoms with Crippen molar-refractivity contribution in [3.8, 4) is 23.0 Å². The highest BCUT2D eigenvalue weighted by Crippen LogP contribution is 2.39. The molecule has 0 aliphatic carbocycles. The van der Waals surface area contributed by atoms with E-state index in [0.29, 0.717) is 41.6 Å². The van der Waals surface area contributed by atoms with Gasteiger partial charge in [0.15, 0.2) is 21.3 Å². The smallest absolute Gasteiger partial charge is 0.254 e. The lowest BCUT2D eigenvalue weighted by Gasteiger charge is -2.29. The van der Waals surface area contributed by atoms with E-state index in [1.54, 1.807) is 35.2 Å². The number of sulfone groups is 1. The molecule has 1 amide bonds. The van der Waals surface area contributed by atoms with Gasteiger partial charge in [0.25, 0.3) is 5.91 Å². The van der Waals surface area contributed by atoms with Crippen LogP contribution in [0, 0.1) is 0 Å². The Bertz CT molecular complexity index is 1080. The summed E-state index contributed by atoms with van der Waals surface area (Å²) in [5.74, 6) is 1.76. The van der Waals surface area contributed by atoms with Crippen molar-refractivity contribution in [3.63, 3.8) is 0 Å². The summed E-state index contributed by atoms with van der Waals surface area (Å²) in [6, 6.07) is 10.1. The number of amides is 1. The predicted molar refractivity (Wildman–Crippen MR) is 130 cm³/mol. The van der Waals surface area contributed by atoms with Gasteiger partial charge in [0.1, 0.15) is 5.75 Å². The van der Waals surface area contributed by atoms with Crippen molar-refractivity contribution in [1.82, 2.24) is 4.90 Å². The van der Waals surface area contributed by atoms with Gasteiger partial charge in [-0.3, -0.25) is 4.79 Å². The van der Waals surface area contributed by atoms with Crippen LogP contribution in [-0.2, 0) is 16.4 Å². The van der Waals surface area contributed by atoms with E-state index in [1.165, 1.54) is 21.3 Å². The zero-order valence-corrected chi connectivity index (χ0v) is 21.0. The van der Waals surface area contributed by atoms with Crippen LogP contribution in [0.25, 0.3) is 0 Å². The van der Waals surface area contributed by atoms with Gasteiger partial charge >= 0.3 is 0 Å². The Balaban J connectivity index is 1.94. The van der Waals surface area contributed by atoms with Crippen molar-refractivity contribution in [3.05, 3.63) is 47.5 Å². The SMILES string of the molecule is CCCCOc1cccc(C(=O)N(Cc2cc(OC)c(OC)c(OC)c2)[C@@H]2CCS(=O)(=O)C2)c1. The third-order valence-corrected chi connectivity index (χ3v) is 7.59. The average Bonchev–Trinajstić information content (AvgIpc) is 3.20. The molecule has 0 N–H and O–H groups in total. The first kappa shape index (κ1) is 25.7. The molecule has 0 unspecified atom stereocenters. The summed E-state index contributed by atoms with van der Waals surface area (Å²) in [5.41, 5.74) is 1.19. The van der Waals surface area contributed by atoms with Gasteiger partial charge in [0.05, 0.1) is 39.4 Å². The van der Waals surface area contributed by atoms with Gasteiger partial charge in [0.2, 0.25) is 5.75 Å². The Kier molecular flexibility index (Phi) is 8.66. The van der Waals surface area contributed by atoms with Crippen molar-refractivity contribution in [2.45, 2.75) is 38.8 Å². The molecule has 1 aliphatic rings. The highest BCUT2D eigenvalue weighted by molar-refractivity contribution is 7.91. The maximum Gasteiger partial charge on any atom is 0.254 e. The summed E-state index contributed by atoms with van der Waals surface area (Å²) in [6.45, 7) is 2.85. The Morgan fingerprint density at radius 1 is 1.06 bits per heavy atom. The topological polar surface area (TPSA) is 91.4 Å². The highest BCUT2D eigenvalue weighted by Gasteiger charge is 2.35. The van der Waals surface area contributed by atoms with Crippen LogP contribution in [0.1, 0.15) is 42.1 Å². The van der Waals surface area contributed by atoms with Crippen molar-refractivity contribution in [2.75, 3.05) is 39.4 Å². The van der Waals surface area contributed by atoms with Gasteiger partial charge in [-0.25, -0.2) is 8.42 Å². The van der Waals surface area contributed by atoms with Gasteiger partial charge in [-0.2, -0.15) is 0 Å². The monoisotopic (exact) mass is 491 g/mol. The Labute approximate surface area is 201 Å². The zero-order chi connectivity index (χ0) is 24.7. The number of benzene rings is 2. The first-order valence-electron chi connectivity index (χ1n) is 11.3. The number of methoxy groups -OCH3 is 3. The Morgan fingerprint density at radius 2 is 1.76 bits per heavy atom. The molecule has 8 nitrogen and oxygen atoms in total. The molecule has 0 saturated carbocycles. The molecule has 0 spiro atoms. The van der Waals surface area contributed by atoms with Gasteiger partial charge in [-0.1, -0.05) is 19.4 Å². The molecule has 0 radical (unpaired) electrons. The minimum Gasteiger partial charge on any atom is -0.494 e. The zero-order valence-electron chi connectivity index (χ0n) is 20.2. The minimum absolute atomic E-state index is 0.0597. The minimum atomic E-state index is -3.20. The van der Waals surface area contributed by atoms with Crippen LogP contribution in [0.15, 0.2) is 36.4 Å². The Morgan fingerprint density at radius 3 is 2.32 bits per heavy atom. The molecule has 1 atom stereocenters. The van der Waals surface area contributed by atoms with Crippen molar-refractivity contribution >= 4 is 15.7 Å². The van der Waals surface area contributed by atoms with Crippen molar-refractivity contribution in [1.29, 1.82) is 0 Å². The van der Waals surface area contributed by atoms with Crippen molar-refractivity contribution < 1.29 is 32.2 Å². The second-order valence-corrected chi connectivity index (χ2v) is 10.5. The van der Waals surface area contributed by atoms with E-state index in [0.717, 1.165) is 18.4 Å². The third kappa shape index (κ3) is 6.14. The van der Waals surface area contributed by atoms with E-state index in [2.05, 4.69) is 6.92 Å². The fourth-order valence-corrected chi connectivity index (χ4v) is 5.76. The largest absolute Gasteiger partial charge is 0.494 e. The molecule has 2 aromatic carbocycles. The van der Waals surface area contributed by atoms with Crippen LogP contribution in [0.5, 0.6) is 23.0 Å². The summed E-state index contributed by atoms with van der Waals surface area (Å²) >= 11 is 0. The van der Waals surface area contributed by atoms with E-state index in [-0.39, 0.29) is 24.0 Å². The Hall–Kier alpha value is -2.94. The molecule has 1 saturated heterocycles. The molecule has 2 aromatic rings. The number of carbonyl (C=O) groups is 1. The number of ether oxygens (including phenoxy) is 4. The third-order valence-electron chi connectivity index (χ3n) is 5.84. The van der Waals surface area contributed by atoms with Gasteiger partial charge in [0, 0.05) is 18.2 Å². The normalized spacial score (nSPS) is 16.6. The maximum atomic E-state index is 13.6. The number of carbonyl (C=O) groups excluding carboxylic acids is 1. The van der Waals surface area contributed by atoms with Gasteiger partial charge in [-0.15, -0.1) is 0 Å². The highest BCUT2D eigenvalue weighted by atomic mass is 32.2. The number of nitrogens with zero attached hydrogens (tertiary/aromatic N) is 1. The summed E-state index contributed by atoms with van der Waals surface area (Å²) in [5, 5.41) is 0. The van der Waals surface area contributed by atoms with E-state index < -0.39 is 15.9 Å². The molecule has 3 rings (SSSR count). The first-order chi connectivity index (χ1) is 16.3. The van der Waals surface area contributed by atoms with Gasteiger partial charge < -0.3 is 23.8 Å². The second-order valence-electron chi connectivity index (χ2n) is 8.25. The molecule has 9 heteroatoms. The number of hydrogen-bond donors (Lipinski definition) is 0. The standard InChI is InChI=1S/C25H33NO7S/c1-5-6-11-33-21-9-7-8-19(15-21)25(27)26(20-10-12-34(28,29)17-20)16-18-13-22(30-2)24(32-4)23(14-18)31-3/h7-9,13-15,20H,5-6,10-12,16-17H2,1-4H3/t20-/m1/s1.